The Morgan fingerprint density at radius 3 is 2.75 bits per heavy atom. The summed E-state index contributed by atoms with van der Waals surface area (Å²) >= 11 is 0. The molecule has 44 heavy (non-hydrogen) atoms. The van der Waals surface area contributed by atoms with Crippen molar-refractivity contribution < 1.29 is 37.3 Å². The van der Waals surface area contributed by atoms with E-state index in [9.17, 15) is 18.7 Å². The highest BCUT2D eigenvalue weighted by Gasteiger charge is 2.50. The smallest absolute Gasteiger partial charge is 0.326 e. The third-order valence-corrected chi connectivity index (χ3v) is 8.64. The first-order chi connectivity index (χ1) is 21.1. The van der Waals surface area contributed by atoms with Gasteiger partial charge in [0.15, 0.2) is 11.4 Å². The number of ether oxygens (including phenoxy) is 3. The Kier molecular flexibility index (Phi) is 6.60. The molecule has 1 unspecified atom stereocenters. The second-order valence-electron chi connectivity index (χ2n) is 11.5. The number of rotatable bonds is 6. The zero-order valence-corrected chi connectivity index (χ0v) is 24.0. The summed E-state index contributed by atoms with van der Waals surface area (Å²) in [7, 11) is 0. The molecule has 6 heterocycles. The van der Waals surface area contributed by atoms with Gasteiger partial charge in [-0.25, -0.2) is 19.7 Å². The van der Waals surface area contributed by atoms with Crippen molar-refractivity contribution in [1.82, 2.24) is 15.0 Å². The number of carboxylic acid groups (broad SMARTS) is 1. The lowest BCUT2D eigenvalue weighted by atomic mass is 9.90. The molecule has 7 rings (SSSR count). The number of alkyl halides is 2. The molecular formula is C31H29F2N5O6. The lowest BCUT2D eigenvalue weighted by molar-refractivity contribution is -0.228. The number of hydrogen-bond acceptors (Lipinski definition) is 10. The van der Waals surface area contributed by atoms with Gasteiger partial charge in [-0.1, -0.05) is 18.1 Å². The quantitative estimate of drug-likeness (QED) is 0.321. The van der Waals surface area contributed by atoms with Gasteiger partial charge in [0.2, 0.25) is 11.7 Å². The van der Waals surface area contributed by atoms with Crippen molar-refractivity contribution in [2.75, 3.05) is 42.7 Å². The number of furan rings is 1. The molecule has 3 aliphatic rings. The van der Waals surface area contributed by atoms with E-state index in [0.717, 1.165) is 0 Å². The van der Waals surface area contributed by atoms with Crippen LogP contribution in [-0.4, -0.2) is 82.7 Å². The third-order valence-electron chi connectivity index (χ3n) is 8.64. The van der Waals surface area contributed by atoms with Gasteiger partial charge in [-0.2, -0.15) is 8.78 Å². The highest BCUT2D eigenvalue weighted by Crippen LogP contribution is 2.41. The van der Waals surface area contributed by atoms with Crippen LogP contribution < -0.4 is 14.5 Å². The molecular weight excluding hydrogens is 576 g/mol. The fraction of sp³-hybridized carbons (Fsp3) is 0.419. The maximum Gasteiger partial charge on any atom is 0.326 e. The zero-order valence-electron chi connectivity index (χ0n) is 24.0. The van der Waals surface area contributed by atoms with Crippen molar-refractivity contribution in [3.63, 3.8) is 0 Å². The Bertz CT molecular complexity index is 1810. The van der Waals surface area contributed by atoms with Crippen LogP contribution in [0.25, 0.3) is 22.1 Å². The second kappa shape index (κ2) is 10.3. The van der Waals surface area contributed by atoms with Gasteiger partial charge < -0.3 is 33.5 Å². The first-order valence-electron chi connectivity index (χ1n) is 14.3. The van der Waals surface area contributed by atoms with E-state index in [1.807, 2.05) is 13.0 Å². The van der Waals surface area contributed by atoms with Gasteiger partial charge in [0.1, 0.15) is 34.5 Å². The number of hydrogen-bond donors (Lipinski definition) is 1. The molecule has 3 aromatic heterocycles. The number of benzene rings is 1. The van der Waals surface area contributed by atoms with Crippen LogP contribution in [0.3, 0.4) is 0 Å². The monoisotopic (exact) mass is 605 g/mol. The minimum absolute atomic E-state index is 0.0172. The molecule has 1 N–H and O–H groups in total. The number of aliphatic carboxylic acids is 1. The minimum atomic E-state index is -3.38. The number of para-hydroxylation sites is 1. The highest BCUT2D eigenvalue weighted by molar-refractivity contribution is 6.06. The van der Waals surface area contributed by atoms with Gasteiger partial charge in [0.25, 0.3) is 0 Å². The van der Waals surface area contributed by atoms with E-state index in [0.29, 0.717) is 55.5 Å². The molecule has 0 aliphatic carbocycles. The number of terminal acetylenes is 1. The van der Waals surface area contributed by atoms with E-state index in [2.05, 4.69) is 25.8 Å². The molecule has 3 atom stereocenters. The largest absolute Gasteiger partial charge is 0.480 e. The highest BCUT2D eigenvalue weighted by atomic mass is 19.3. The molecule has 4 aromatic rings. The summed E-state index contributed by atoms with van der Waals surface area (Å²) in [5.74, 6) is -2.42. The summed E-state index contributed by atoms with van der Waals surface area (Å²) in [4.78, 5) is 28.9. The second-order valence-corrected chi connectivity index (χ2v) is 11.5. The number of anilines is 2. The van der Waals surface area contributed by atoms with Crippen molar-refractivity contribution in [3.05, 3.63) is 47.9 Å². The normalized spacial score (nSPS) is 23.2. The number of pyridine rings is 1. The molecule has 0 amide bonds. The van der Waals surface area contributed by atoms with E-state index < -0.39 is 35.5 Å². The van der Waals surface area contributed by atoms with Crippen LogP contribution in [0.1, 0.15) is 31.7 Å². The summed E-state index contributed by atoms with van der Waals surface area (Å²) in [6.45, 7) is 4.72. The Balaban J connectivity index is 1.26. The fourth-order valence-corrected chi connectivity index (χ4v) is 6.19. The topological polar surface area (TPSA) is 123 Å². The van der Waals surface area contributed by atoms with Crippen LogP contribution in [0.4, 0.5) is 20.3 Å². The van der Waals surface area contributed by atoms with Crippen LogP contribution in [0.2, 0.25) is 0 Å². The van der Waals surface area contributed by atoms with E-state index in [1.54, 1.807) is 24.3 Å². The SMILES string of the molecule is C#Cc1cnc(OC2C[C@@H](C(=O)O)N(c3nc(C(C)(F)F)nc4c3oc3ccccc34)C2)c(N2CCOC3(COC3)[C@H]2C)c1. The van der Waals surface area contributed by atoms with Gasteiger partial charge in [-0.3, -0.25) is 0 Å². The first kappa shape index (κ1) is 28.2. The van der Waals surface area contributed by atoms with Crippen LogP contribution in [0.15, 0.2) is 40.9 Å². The van der Waals surface area contributed by atoms with Crippen molar-refractivity contribution in [2.24, 2.45) is 0 Å². The van der Waals surface area contributed by atoms with Gasteiger partial charge in [0.05, 0.1) is 32.4 Å². The molecule has 1 aromatic carbocycles. The fourth-order valence-electron chi connectivity index (χ4n) is 6.19. The third kappa shape index (κ3) is 4.56. The summed E-state index contributed by atoms with van der Waals surface area (Å²) in [5.41, 5.74) is 1.48. The van der Waals surface area contributed by atoms with E-state index in [4.69, 9.17) is 25.1 Å². The Morgan fingerprint density at radius 2 is 2.05 bits per heavy atom. The number of halogens is 2. The lowest BCUT2D eigenvalue weighted by Gasteiger charge is -2.53. The predicted octanol–water partition coefficient (Wildman–Crippen LogP) is 3.97. The van der Waals surface area contributed by atoms with Gasteiger partial charge in [-0.15, -0.1) is 6.42 Å². The first-order valence-corrected chi connectivity index (χ1v) is 14.3. The number of nitrogens with zero attached hydrogens (tertiary/aromatic N) is 5. The predicted molar refractivity (Wildman–Crippen MR) is 155 cm³/mol. The number of fused-ring (bicyclic) bond motifs is 3. The van der Waals surface area contributed by atoms with Gasteiger partial charge >= 0.3 is 11.9 Å². The molecule has 0 saturated carbocycles. The van der Waals surface area contributed by atoms with Crippen LogP contribution in [0.5, 0.6) is 5.88 Å². The molecule has 1 spiro atoms. The summed E-state index contributed by atoms with van der Waals surface area (Å²) in [5, 5.41) is 10.8. The van der Waals surface area contributed by atoms with E-state index in [1.165, 1.54) is 11.1 Å². The van der Waals surface area contributed by atoms with Crippen molar-refractivity contribution >= 4 is 39.5 Å². The number of carboxylic acids is 1. The lowest BCUT2D eigenvalue weighted by Crippen LogP contribution is -2.68. The van der Waals surface area contributed by atoms with Crippen LogP contribution in [0, 0.1) is 12.3 Å². The average molecular weight is 606 g/mol. The molecule has 3 fully saturated rings. The minimum Gasteiger partial charge on any atom is -0.480 e. The molecule has 11 nitrogen and oxygen atoms in total. The average Bonchev–Trinajstić information content (AvgIpc) is 3.58. The molecule has 0 radical (unpaired) electrons. The van der Waals surface area contributed by atoms with E-state index in [-0.39, 0.29) is 41.8 Å². The maximum absolute atomic E-state index is 14.6. The zero-order chi connectivity index (χ0) is 30.8. The van der Waals surface area contributed by atoms with Crippen LogP contribution in [-0.2, 0) is 20.2 Å². The van der Waals surface area contributed by atoms with Crippen molar-refractivity contribution in [1.29, 1.82) is 0 Å². The van der Waals surface area contributed by atoms with Crippen LogP contribution >= 0.6 is 0 Å². The summed E-state index contributed by atoms with van der Waals surface area (Å²) in [6.07, 6.45) is 6.57. The molecule has 0 bridgehead atoms. The summed E-state index contributed by atoms with van der Waals surface area (Å²) in [6, 6.07) is 7.48. The Morgan fingerprint density at radius 1 is 1.25 bits per heavy atom. The molecule has 3 saturated heterocycles. The number of carbonyl (C=O) groups is 1. The van der Waals surface area contributed by atoms with Crippen molar-refractivity contribution in [3.8, 4) is 18.2 Å². The van der Waals surface area contributed by atoms with Crippen molar-refractivity contribution in [2.45, 2.75) is 50.0 Å². The molecule has 3 aliphatic heterocycles. The number of morpholine rings is 1. The summed E-state index contributed by atoms with van der Waals surface area (Å²) < 4.78 is 53.2. The number of aromatic nitrogens is 3. The molecule has 228 valence electrons. The Labute approximate surface area is 250 Å². The maximum atomic E-state index is 14.6. The standard InChI is InChI=1S/C31H29F2N5O6/c1-4-18-11-21(37-9-10-42-31(17(37)2)15-41-16-31)27(34-13-18)43-19-12-22(28(39)40)38(14-19)26-25-24(35-29(36-26)30(3,32)33)20-7-5-6-8-23(20)44-25/h1,5-8,11,13,17,19,22H,9-10,12,14-16H2,2-3H3,(H,39,40)/t17-,19?,22+/m1/s1. The van der Waals surface area contributed by atoms with Gasteiger partial charge in [0, 0.05) is 37.0 Å². The Hall–Kier alpha value is -4.54. The molecule has 13 heteroatoms. The van der Waals surface area contributed by atoms with E-state index >= 15 is 0 Å². The van der Waals surface area contributed by atoms with Gasteiger partial charge in [-0.05, 0) is 25.1 Å².